The van der Waals surface area contributed by atoms with Crippen LogP contribution in [0, 0.1) is 0 Å². The highest BCUT2D eigenvalue weighted by atomic mass is 32.2. The summed E-state index contributed by atoms with van der Waals surface area (Å²) >= 11 is 1.49. The smallest absolute Gasteiger partial charge is 0.233 e. The van der Waals surface area contributed by atoms with E-state index in [1.54, 1.807) is 4.90 Å². The molecule has 144 valence electrons. The molecule has 7 nitrogen and oxygen atoms in total. The van der Waals surface area contributed by atoms with Crippen LogP contribution in [0.15, 0.2) is 35.5 Å². The van der Waals surface area contributed by atoms with Gasteiger partial charge in [0.1, 0.15) is 0 Å². The lowest BCUT2D eigenvalue weighted by Crippen LogP contribution is -2.38. The van der Waals surface area contributed by atoms with Gasteiger partial charge in [-0.25, -0.2) is 0 Å². The number of anilines is 1. The minimum Gasteiger partial charge on any atom is -0.378 e. The van der Waals surface area contributed by atoms with E-state index in [-0.39, 0.29) is 5.91 Å². The van der Waals surface area contributed by atoms with Crippen LogP contribution in [0.4, 0.5) is 5.95 Å². The van der Waals surface area contributed by atoms with E-state index in [9.17, 15) is 4.79 Å². The molecule has 1 saturated carbocycles. The van der Waals surface area contributed by atoms with Crippen LogP contribution in [0.25, 0.3) is 0 Å². The van der Waals surface area contributed by atoms with Crippen molar-refractivity contribution in [3.05, 3.63) is 35.9 Å². The lowest BCUT2D eigenvalue weighted by Gasteiger charge is -2.28. The topological polar surface area (TPSA) is 63.5 Å². The molecule has 0 radical (unpaired) electrons. The molecule has 1 aromatic carbocycles. The van der Waals surface area contributed by atoms with Gasteiger partial charge in [-0.15, -0.1) is 10.2 Å². The number of carbonyl (C=O) groups excluding carboxylic acids is 1. The average Bonchev–Trinajstić information content (AvgIpc) is 3.46. The molecule has 2 aromatic rings. The van der Waals surface area contributed by atoms with Crippen molar-refractivity contribution in [1.29, 1.82) is 0 Å². The molecule has 1 aromatic heterocycles. The van der Waals surface area contributed by atoms with Gasteiger partial charge in [0.15, 0.2) is 5.16 Å². The maximum atomic E-state index is 12.5. The zero-order valence-electron chi connectivity index (χ0n) is 15.6. The lowest BCUT2D eigenvalue weighted by atomic mass is 10.2. The van der Waals surface area contributed by atoms with Gasteiger partial charge < -0.3 is 14.5 Å². The third kappa shape index (κ3) is 4.44. The Balaban J connectivity index is 1.39. The fourth-order valence-electron chi connectivity index (χ4n) is 3.18. The summed E-state index contributed by atoms with van der Waals surface area (Å²) in [4.78, 5) is 16.6. The van der Waals surface area contributed by atoms with E-state index in [2.05, 4.69) is 19.7 Å². The van der Waals surface area contributed by atoms with Gasteiger partial charge in [-0.2, -0.15) is 0 Å². The fraction of sp³-hybridized carbons (Fsp3) is 0.526. The molecule has 1 amide bonds. The molecule has 0 unspecified atom stereocenters. The predicted molar refractivity (Wildman–Crippen MR) is 105 cm³/mol. The maximum absolute atomic E-state index is 12.5. The molecule has 4 rings (SSSR count). The van der Waals surface area contributed by atoms with E-state index >= 15 is 0 Å². The number of benzene rings is 1. The second kappa shape index (κ2) is 8.31. The Morgan fingerprint density at radius 3 is 2.67 bits per heavy atom. The molecule has 1 aliphatic carbocycles. The standard InChI is InChI=1S/C19H25N5O2S/c1-22(13-15-5-3-2-4-6-15)17(25)14-27-19-21-20-18(24(19)16-7-8-16)23-9-11-26-12-10-23/h2-6,16H,7-14H2,1H3. The van der Waals surface area contributed by atoms with E-state index < -0.39 is 0 Å². The Kier molecular flexibility index (Phi) is 5.63. The fourth-order valence-corrected chi connectivity index (χ4v) is 4.12. The van der Waals surface area contributed by atoms with Crippen molar-refractivity contribution in [2.45, 2.75) is 30.6 Å². The van der Waals surface area contributed by atoms with Crippen LogP contribution in [0.3, 0.4) is 0 Å². The minimum atomic E-state index is 0.0992. The number of amides is 1. The number of rotatable bonds is 7. The quantitative estimate of drug-likeness (QED) is 0.679. The average molecular weight is 388 g/mol. The summed E-state index contributed by atoms with van der Waals surface area (Å²) in [6.45, 7) is 3.75. The van der Waals surface area contributed by atoms with Crippen LogP contribution in [-0.4, -0.2) is 64.7 Å². The number of ether oxygens (including phenoxy) is 1. The van der Waals surface area contributed by atoms with Crippen molar-refractivity contribution in [3.8, 4) is 0 Å². The predicted octanol–water partition coefficient (Wildman–Crippen LogP) is 2.20. The van der Waals surface area contributed by atoms with Crippen molar-refractivity contribution < 1.29 is 9.53 Å². The van der Waals surface area contributed by atoms with Crippen molar-refractivity contribution in [1.82, 2.24) is 19.7 Å². The first-order valence-corrected chi connectivity index (χ1v) is 10.4. The molecule has 0 spiro atoms. The highest BCUT2D eigenvalue weighted by molar-refractivity contribution is 7.99. The third-order valence-corrected chi connectivity index (χ3v) is 5.79. The van der Waals surface area contributed by atoms with Crippen LogP contribution in [-0.2, 0) is 16.1 Å². The van der Waals surface area contributed by atoms with E-state index in [1.165, 1.54) is 11.8 Å². The maximum Gasteiger partial charge on any atom is 0.233 e. The molecule has 8 heteroatoms. The largest absolute Gasteiger partial charge is 0.378 e. The second-order valence-corrected chi connectivity index (χ2v) is 7.95. The first-order chi connectivity index (χ1) is 13.2. The van der Waals surface area contributed by atoms with Crippen molar-refractivity contribution in [2.75, 3.05) is 44.0 Å². The number of aromatic nitrogens is 3. The Bertz CT molecular complexity index is 772. The monoisotopic (exact) mass is 387 g/mol. The molecular weight excluding hydrogens is 362 g/mol. The minimum absolute atomic E-state index is 0.0992. The first kappa shape index (κ1) is 18.3. The molecule has 0 atom stereocenters. The summed E-state index contributed by atoms with van der Waals surface area (Å²) < 4.78 is 7.67. The van der Waals surface area contributed by atoms with Crippen molar-refractivity contribution >= 4 is 23.6 Å². The van der Waals surface area contributed by atoms with Gasteiger partial charge in [-0.3, -0.25) is 9.36 Å². The lowest BCUT2D eigenvalue weighted by molar-refractivity contribution is -0.127. The summed E-state index contributed by atoms with van der Waals surface area (Å²) in [5.74, 6) is 1.40. The van der Waals surface area contributed by atoms with Gasteiger partial charge in [0, 0.05) is 32.7 Å². The molecular formula is C19H25N5O2S. The van der Waals surface area contributed by atoms with E-state index in [1.807, 2.05) is 37.4 Å². The second-order valence-electron chi connectivity index (χ2n) is 7.01. The molecule has 2 fully saturated rings. The van der Waals surface area contributed by atoms with Crippen LogP contribution in [0.1, 0.15) is 24.4 Å². The van der Waals surface area contributed by atoms with E-state index in [0.717, 1.165) is 55.8 Å². The summed E-state index contributed by atoms with van der Waals surface area (Å²) in [6.07, 6.45) is 2.32. The number of carbonyl (C=O) groups is 1. The van der Waals surface area contributed by atoms with Gasteiger partial charge in [-0.1, -0.05) is 42.1 Å². The van der Waals surface area contributed by atoms with Crippen LogP contribution >= 0.6 is 11.8 Å². The normalized spacial score (nSPS) is 17.1. The Morgan fingerprint density at radius 2 is 1.96 bits per heavy atom. The Labute approximate surface area is 163 Å². The molecule has 0 bridgehead atoms. The van der Waals surface area contributed by atoms with E-state index in [0.29, 0.717) is 18.3 Å². The van der Waals surface area contributed by atoms with Gasteiger partial charge >= 0.3 is 0 Å². The van der Waals surface area contributed by atoms with Gasteiger partial charge in [0.25, 0.3) is 0 Å². The highest BCUT2D eigenvalue weighted by Gasteiger charge is 2.32. The Morgan fingerprint density at radius 1 is 1.22 bits per heavy atom. The van der Waals surface area contributed by atoms with Gasteiger partial charge in [0.2, 0.25) is 11.9 Å². The SMILES string of the molecule is CN(Cc1ccccc1)C(=O)CSc1nnc(N2CCOCC2)n1C1CC1. The molecule has 2 heterocycles. The number of thioether (sulfide) groups is 1. The highest BCUT2D eigenvalue weighted by Crippen LogP contribution is 2.41. The molecule has 1 aliphatic heterocycles. The zero-order valence-corrected chi connectivity index (χ0v) is 16.4. The van der Waals surface area contributed by atoms with Gasteiger partial charge in [-0.05, 0) is 18.4 Å². The number of morpholine rings is 1. The summed E-state index contributed by atoms with van der Waals surface area (Å²) in [5.41, 5.74) is 1.13. The van der Waals surface area contributed by atoms with Crippen LogP contribution in [0.5, 0.6) is 0 Å². The zero-order chi connectivity index (χ0) is 18.6. The third-order valence-electron chi connectivity index (χ3n) is 4.87. The summed E-state index contributed by atoms with van der Waals surface area (Å²) in [5, 5.41) is 9.67. The van der Waals surface area contributed by atoms with Gasteiger partial charge in [0.05, 0.1) is 19.0 Å². The Hall–Kier alpha value is -2.06. The first-order valence-electron chi connectivity index (χ1n) is 9.40. The molecule has 2 aliphatic rings. The summed E-state index contributed by atoms with van der Waals surface area (Å²) in [6, 6.07) is 10.5. The molecule has 27 heavy (non-hydrogen) atoms. The van der Waals surface area contributed by atoms with E-state index in [4.69, 9.17) is 4.74 Å². The van der Waals surface area contributed by atoms with Crippen molar-refractivity contribution in [3.63, 3.8) is 0 Å². The van der Waals surface area contributed by atoms with Crippen LogP contribution < -0.4 is 4.90 Å². The number of hydrogen-bond donors (Lipinski definition) is 0. The molecule has 1 saturated heterocycles. The van der Waals surface area contributed by atoms with Crippen molar-refractivity contribution in [2.24, 2.45) is 0 Å². The number of nitrogens with zero attached hydrogens (tertiary/aromatic N) is 5. The molecule has 0 N–H and O–H groups in total. The summed E-state index contributed by atoms with van der Waals surface area (Å²) in [7, 11) is 1.85. The van der Waals surface area contributed by atoms with Crippen LogP contribution in [0.2, 0.25) is 0 Å². The number of hydrogen-bond acceptors (Lipinski definition) is 6.